The lowest BCUT2D eigenvalue weighted by Gasteiger charge is -2.29. The minimum Gasteiger partial charge on any atom is -0.496 e. The van der Waals surface area contributed by atoms with Crippen molar-refractivity contribution in [2.24, 2.45) is 17.1 Å². The predicted octanol–water partition coefficient (Wildman–Crippen LogP) is 4.40. The SMILES string of the molecule is COc1ccc(Br)cc1CC(N)CC(C)C(C)(C)C. The fourth-order valence-electron chi connectivity index (χ4n) is 2.08. The Balaban J connectivity index is 2.71. The van der Waals surface area contributed by atoms with Crippen molar-refractivity contribution in [1.29, 1.82) is 0 Å². The lowest BCUT2D eigenvalue weighted by atomic mass is 9.78. The molecule has 108 valence electrons. The molecule has 2 N–H and O–H groups in total. The van der Waals surface area contributed by atoms with Gasteiger partial charge in [-0.05, 0) is 47.9 Å². The van der Waals surface area contributed by atoms with Gasteiger partial charge in [0.1, 0.15) is 5.75 Å². The summed E-state index contributed by atoms with van der Waals surface area (Å²) in [5.74, 6) is 1.52. The maximum absolute atomic E-state index is 6.31. The van der Waals surface area contributed by atoms with Gasteiger partial charge in [-0.15, -0.1) is 0 Å². The Morgan fingerprint density at radius 2 is 1.95 bits per heavy atom. The zero-order valence-electron chi connectivity index (χ0n) is 12.7. The van der Waals surface area contributed by atoms with E-state index in [4.69, 9.17) is 10.5 Å². The first-order chi connectivity index (χ1) is 8.74. The monoisotopic (exact) mass is 327 g/mol. The first-order valence-corrected chi connectivity index (χ1v) is 7.61. The fraction of sp³-hybridized carbons (Fsp3) is 0.625. The maximum Gasteiger partial charge on any atom is 0.122 e. The molecular weight excluding hydrogens is 302 g/mol. The van der Waals surface area contributed by atoms with Gasteiger partial charge in [0, 0.05) is 10.5 Å². The Morgan fingerprint density at radius 1 is 1.32 bits per heavy atom. The van der Waals surface area contributed by atoms with Crippen molar-refractivity contribution in [2.45, 2.75) is 46.6 Å². The van der Waals surface area contributed by atoms with E-state index in [1.165, 1.54) is 5.56 Å². The van der Waals surface area contributed by atoms with Crippen molar-refractivity contribution in [1.82, 2.24) is 0 Å². The third-order valence-corrected chi connectivity index (χ3v) is 4.35. The summed E-state index contributed by atoms with van der Waals surface area (Å²) in [5.41, 5.74) is 7.78. The van der Waals surface area contributed by atoms with E-state index in [-0.39, 0.29) is 6.04 Å². The van der Waals surface area contributed by atoms with E-state index in [9.17, 15) is 0 Å². The molecule has 0 aliphatic carbocycles. The summed E-state index contributed by atoms with van der Waals surface area (Å²) in [6.45, 7) is 9.08. The third kappa shape index (κ3) is 5.15. The minimum atomic E-state index is 0.164. The summed E-state index contributed by atoms with van der Waals surface area (Å²) in [6.07, 6.45) is 1.88. The van der Waals surface area contributed by atoms with Gasteiger partial charge in [-0.1, -0.05) is 43.6 Å². The molecule has 0 radical (unpaired) electrons. The maximum atomic E-state index is 6.31. The molecule has 0 spiro atoms. The van der Waals surface area contributed by atoms with Crippen LogP contribution in [-0.4, -0.2) is 13.2 Å². The Labute approximate surface area is 125 Å². The quantitative estimate of drug-likeness (QED) is 0.869. The molecule has 2 unspecified atom stereocenters. The number of rotatable bonds is 5. The molecule has 0 bridgehead atoms. The molecule has 0 saturated heterocycles. The van der Waals surface area contributed by atoms with Gasteiger partial charge in [0.2, 0.25) is 0 Å². The number of halogens is 1. The number of ether oxygens (including phenoxy) is 1. The van der Waals surface area contributed by atoms with E-state index in [1.807, 2.05) is 12.1 Å². The first kappa shape index (κ1) is 16.5. The Morgan fingerprint density at radius 3 is 2.47 bits per heavy atom. The molecule has 1 aromatic carbocycles. The van der Waals surface area contributed by atoms with Crippen LogP contribution in [0.3, 0.4) is 0 Å². The van der Waals surface area contributed by atoms with Gasteiger partial charge >= 0.3 is 0 Å². The second kappa shape index (κ2) is 6.76. The average molecular weight is 328 g/mol. The second-order valence-electron chi connectivity index (χ2n) is 6.42. The highest BCUT2D eigenvalue weighted by molar-refractivity contribution is 9.10. The lowest BCUT2D eigenvalue weighted by molar-refractivity contribution is 0.232. The molecular formula is C16H26BrNO. The van der Waals surface area contributed by atoms with Gasteiger partial charge in [0.25, 0.3) is 0 Å². The molecule has 2 atom stereocenters. The van der Waals surface area contributed by atoms with Gasteiger partial charge in [0.15, 0.2) is 0 Å². The van der Waals surface area contributed by atoms with Crippen LogP contribution in [0.4, 0.5) is 0 Å². The number of methoxy groups -OCH3 is 1. The number of hydrogen-bond acceptors (Lipinski definition) is 2. The highest BCUT2D eigenvalue weighted by Gasteiger charge is 2.22. The van der Waals surface area contributed by atoms with Crippen molar-refractivity contribution >= 4 is 15.9 Å². The molecule has 3 heteroatoms. The molecule has 1 aromatic rings. The summed E-state index contributed by atoms with van der Waals surface area (Å²) in [6, 6.07) is 6.24. The van der Waals surface area contributed by atoms with Gasteiger partial charge in [-0.3, -0.25) is 0 Å². The van der Waals surface area contributed by atoms with E-state index in [0.29, 0.717) is 11.3 Å². The van der Waals surface area contributed by atoms with Crippen LogP contribution in [-0.2, 0) is 6.42 Å². The second-order valence-corrected chi connectivity index (χ2v) is 7.34. The van der Waals surface area contributed by atoms with Crippen LogP contribution in [0.25, 0.3) is 0 Å². The van der Waals surface area contributed by atoms with Crippen molar-refractivity contribution in [3.05, 3.63) is 28.2 Å². The largest absolute Gasteiger partial charge is 0.496 e. The van der Waals surface area contributed by atoms with E-state index >= 15 is 0 Å². The molecule has 0 aliphatic heterocycles. The number of benzene rings is 1. The zero-order valence-corrected chi connectivity index (χ0v) is 14.3. The third-order valence-electron chi connectivity index (χ3n) is 3.86. The molecule has 0 aliphatic rings. The molecule has 19 heavy (non-hydrogen) atoms. The van der Waals surface area contributed by atoms with Crippen LogP contribution in [0.1, 0.15) is 39.7 Å². The summed E-state index contributed by atoms with van der Waals surface area (Å²) >= 11 is 3.50. The van der Waals surface area contributed by atoms with Crippen molar-refractivity contribution in [2.75, 3.05) is 7.11 Å². The lowest BCUT2D eigenvalue weighted by Crippen LogP contribution is -2.30. The highest BCUT2D eigenvalue weighted by Crippen LogP contribution is 2.30. The number of hydrogen-bond donors (Lipinski definition) is 1. The summed E-state index contributed by atoms with van der Waals surface area (Å²) < 4.78 is 6.47. The summed E-state index contributed by atoms with van der Waals surface area (Å²) in [5, 5.41) is 0. The topological polar surface area (TPSA) is 35.2 Å². The predicted molar refractivity (Wildman–Crippen MR) is 85.6 cm³/mol. The van der Waals surface area contributed by atoms with Crippen LogP contribution in [0, 0.1) is 11.3 Å². The van der Waals surface area contributed by atoms with Gasteiger partial charge in [-0.25, -0.2) is 0 Å². The summed E-state index contributed by atoms with van der Waals surface area (Å²) in [4.78, 5) is 0. The molecule has 0 amide bonds. The van der Waals surface area contributed by atoms with Crippen LogP contribution in [0.15, 0.2) is 22.7 Å². The van der Waals surface area contributed by atoms with Gasteiger partial charge in [-0.2, -0.15) is 0 Å². The van der Waals surface area contributed by atoms with Crippen LogP contribution >= 0.6 is 15.9 Å². The molecule has 1 rings (SSSR count). The van der Waals surface area contributed by atoms with E-state index in [2.05, 4.69) is 49.7 Å². The Kier molecular flexibility index (Phi) is 5.87. The van der Waals surface area contributed by atoms with E-state index in [1.54, 1.807) is 7.11 Å². The van der Waals surface area contributed by atoms with Crippen LogP contribution in [0.2, 0.25) is 0 Å². The minimum absolute atomic E-state index is 0.164. The Hall–Kier alpha value is -0.540. The van der Waals surface area contributed by atoms with E-state index < -0.39 is 0 Å². The van der Waals surface area contributed by atoms with Crippen molar-refractivity contribution in [3.8, 4) is 5.75 Å². The highest BCUT2D eigenvalue weighted by atomic mass is 79.9. The summed E-state index contributed by atoms with van der Waals surface area (Å²) in [7, 11) is 1.70. The molecule has 0 saturated carbocycles. The Bertz CT molecular complexity index is 412. The normalized spacial score (nSPS) is 15.1. The van der Waals surface area contributed by atoms with E-state index in [0.717, 1.165) is 23.1 Å². The zero-order chi connectivity index (χ0) is 14.6. The van der Waals surface area contributed by atoms with Crippen LogP contribution in [0.5, 0.6) is 5.75 Å². The molecule has 0 fully saturated rings. The van der Waals surface area contributed by atoms with Crippen molar-refractivity contribution < 1.29 is 4.74 Å². The average Bonchev–Trinajstić information content (AvgIpc) is 2.27. The van der Waals surface area contributed by atoms with Gasteiger partial charge in [0.05, 0.1) is 7.11 Å². The van der Waals surface area contributed by atoms with Crippen LogP contribution < -0.4 is 10.5 Å². The smallest absolute Gasteiger partial charge is 0.122 e. The number of nitrogens with two attached hydrogens (primary N) is 1. The first-order valence-electron chi connectivity index (χ1n) is 6.82. The van der Waals surface area contributed by atoms with Gasteiger partial charge < -0.3 is 10.5 Å². The molecule has 0 heterocycles. The standard InChI is InChI=1S/C16H26BrNO/c1-11(16(2,3)4)8-14(18)10-12-9-13(17)6-7-15(12)19-5/h6-7,9,11,14H,8,10,18H2,1-5H3. The fourth-order valence-corrected chi connectivity index (χ4v) is 2.49. The molecule has 2 nitrogen and oxygen atoms in total. The van der Waals surface area contributed by atoms with Crippen molar-refractivity contribution in [3.63, 3.8) is 0 Å². The molecule has 0 aromatic heterocycles.